The van der Waals surface area contributed by atoms with Crippen molar-refractivity contribution in [3.63, 3.8) is 0 Å². The summed E-state index contributed by atoms with van der Waals surface area (Å²) in [5.74, 6) is 2.12. The van der Waals surface area contributed by atoms with Gasteiger partial charge < -0.3 is 5.11 Å². The molecule has 1 aromatic rings. The number of nitrogens with zero attached hydrogens (tertiary/aromatic N) is 1. The summed E-state index contributed by atoms with van der Waals surface area (Å²) in [6.45, 7) is 1.74. The zero-order chi connectivity index (χ0) is 11.4. The molecule has 2 rings (SSSR count). The SMILES string of the molecule is C[C@@H](O)c1ccc(SCC2CCCC2)cn1. The second-order valence-corrected chi connectivity index (χ2v) is 5.65. The first-order chi connectivity index (χ1) is 7.75. The first-order valence-electron chi connectivity index (χ1n) is 6.02. The Balaban J connectivity index is 1.84. The van der Waals surface area contributed by atoms with Gasteiger partial charge in [-0.1, -0.05) is 12.8 Å². The number of aromatic nitrogens is 1. The summed E-state index contributed by atoms with van der Waals surface area (Å²) in [6.07, 6.45) is 7.02. The molecule has 88 valence electrons. The fourth-order valence-electron chi connectivity index (χ4n) is 2.12. The summed E-state index contributed by atoms with van der Waals surface area (Å²) in [4.78, 5) is 5.47. The standard InChI is InChI=1S/C13H19NOS/c1-10(15)13-7-6-12(8-14-13)16-9-11-4-2-3-5-11/h6-8,10-11,15H,2-5,9H2,1H3/t10-/m1/s1. The molecule has 16 heavy (non-hydrogen) atoms. The first kappa shape index (κ1) is 11.9. The Morgan fingerprint density at radius 3 is 2.75 bits per heavy atom. The minimum Gasteiger partial charge on any atom is -0.387 e. The molecule has 1 N–H and O–H groups in total. The molecule has 0 saturated heterocycles. The largest absolute Gasteiger partial charge is 0.387 e. The van der Waals surface area contributed by atoms with Gasteiger partial charge in [-0.25, -0.2) is 0 Å². The molecular weight excluding hydrogens is 218 g/mol. The maximum absolute atomic E-state index is 9.35. The van der Waals surface area contributed by atoms with Gasteiger partial charge >= 0.3 is 0 Å². The Morgan fingerprint density at radius 2 is 2.19 bits per heavy atom. The molecule has 1 heterocycles. The van der Waals surface area contributed by atoms with Crippen LogP contribution >= 0.6 is 11.8 Å². The Morgan fingerprint density at radius 1 is 1.44 bits per heavy atom. The highest BCUT2D eigenvalue weighted by molar-refractivity contribution is 7.99. The van der Waals surface area contributed by atoms with Crippen molar-refractivity contribution in [3.8, 4) is 0 Å². The third kappa shape index (κ3) is 3.22. The van der Waals surface area contributed by atoms with Gasteiger partial charge in [0, 0.05) is 16.8 Å². The molecule has 0 amide bonds. The van der Waals surface area contributed by atoms with Crippen molar-refractivity contribution in [2.24, 2.45) is 5.92 Å². The van der Waals surface area contributed by atoms with Crippen LogP contribution in [0.4, 0.5) is 0 Å². The van der Waals surface area contributed by atoms with Gasteiger partial charge in [-0.2, -0.15) is 0 Å². The Kier molecular flexibility index (Phi) is 4.24. The number of pyridine rings is 1. The molecule has 0 aromatic carbocycles. The van der Waals surface area contributed by atoms with E-state index in [0.29, 0.717) is 0 Å². The van der Waals surface area contributed by atoms with Crippen LogP contribution < -0.4 is 0 Å². The molecule has 1 aliphatic carbocycles. The monoisotopic (exact) mass is 237 g/mol. The van der Waals surface area contributed by atoms with Gasteiger partial charge in [-0.05, 0) is 37.8 Å². The molecule has 1 saturated carbocycles. The van der Waals surface area contributed by atoms with Crippen molar-refractivity contribution in [1.82, 2.24) is 4.98 Å². The lowest BCUT2D eigenvalue weighted by Crippen LogP contribution is -1.97. The van der Waals surface area contributed by atoms with Crippen LogP contribution in [0.15, 0.2) is 23.2 Å². The summed E-state index contributed by atoms with van der Waals surface area (Å²) in [5.41, 5.74) is 0.755. The quantitative estimate of drug-likeness (QED) is 0.815. The number of hydrogen-bond donors (Lipinski definition) is 1. The Hall–Kier alpha value is -0.540. The average molecular weight is 237 g/mol. The van der Waals surface area contributed by atoms with Crippen LogP contribution in [0.1, 0.15) is 44.4 Å². The van der Waals surface area contributed by atoms with Crippen molar-refractivity contribution in [2.75, 3.05) is 5.75 Å². The van der Waals surface area contributed by atoms with Crippen LogP contribution in [0, 0.1) is 5.92 Å². The summed E-state index contributed by atoms with van der Waals surface area (Å²) < 4.78 is 0. The van der Waals surface area contributed by atoms with E-state index in [1.807, 2.05) is 24.0 Å². The predicted molar refractivity (Wildman–Crippen MR) is 67.6 cm³/mol. The topological polar surface area (TPSA) is 33.1 Å². The normalized spacial score (nSPS) is 18.9. The van der Waals surface area contributed by atoms with E-state index in [1.165, 1.54) is 36.3 Å². The van der Waals surface area contributed by atoms with Gasteiger partial charge in [0.05, 0.1) is 11.8 Å². The molecule has 0 radical (unpaired) electrons. The zero-order valence-corrected chi connectivity index (χ0v) is 10.5. The number of hydrogen-bond acceptors (Lipinski definition) is 3. The number of thioether (sulfide) groups is 1. The smallest absolute Gasteiger partial charge is 0.0931 e. The number of rotatable bonds is 4. The lowest BCUT2D eigenvalue weighted by Gasteiger charge is -2.08. The van der Waals surface area contributed by atoms with Gasteiger partial charge in [0.2, 0.25) is 0 Å². The molecule has 1 aromatic heterocycles. The lowest BCUT2D eigenvalue weighted by molar-refractivity contribution is 0.194. The summed E-state index contributed by atoms with van der Waals surface area (Å²) in [7, 11) is 0. The number of aliphatic hydroxyl groups is 1. The molecule has 0 spiro atoms. The maximum Gasteiger partial charge on any atom is 0.0931 e. The zero-order valence-electron chi connectivity index (χ0n) is 9.72. The second-order valence-electron chi connectivity index (χ2n) is 4.56. The van der Waals surface area contributed by atoms with Gasteiger partial charge in [-0.15, -0.1) is 11.8 Å². The van der Waals surface area contributed by atoms with Crippen molar-refractivity contribution in [1.29, 1.82) is 0 Å². The van der Waals surface area contributed by atoms with E-state index in [9.17, 15) is 5.11 Å². The van der Waals surface area contributed by atoms with Gasteiger partial charge in [0.1, 0.15) is 0 Å². The van der Waals surface area contributed by atoms with Crippen LogP contribution in [-0.2, 0) is 0 Å². The van der Waals surface area contributed by atoms with Gasteiger partial charge in [0.25, 0.3) is 0 Å². The summed E-state index contributed by atoms with van der Waals surface area (Å²) in [5, 5.41) is 9.35. The molecule has 0 aliphatic heterocycles. The van der Waals surface area contributed by atoms with Crippen molar-refractivity contribution >= 4 is 11.8 Å². The van der Waals surface area contributed by atoms with Crippen LogP contribution in [0.3, 0.4) is 0 Å². The second kappa shape index (κ2) is 5.69. The summed E-state index contributed by atoms with van der Waals surface area (Å²) >= 11 is 1.89. The molecule has 0 unspecified atom stereocenters. The van der Waals surface area contributed by atoms with Crippen LogP contribution in [0.2, 0.25) is 0 Å². The summed E-state index contributed by atoms with van der Waals surface area (Å²) in [6, 6.07) is 3.98. The molecule has 3 heteroatoms. The van der Waals surface area contributed by atoms with E-state index in [2.05, 4.69) is 11.1 Å². The fourth-order valence-corrected chi connectivity index (χ4v) is 3.17. The highest BCUT2D eigenvalue weighted by Gasteiger charge is 2.15. The van der Waals surface area contributed by atoms with Gasteiger partial charge in [-0.3, -0.25) is 4.98 Å². The van der Waals surface area contributed by atoms with Crippen LogP contribution in [0.25, 0.3) is 0 Å². The molecule has 1 aliphatic rings. The average Bonchev–Trinajstić information content (AvgIpc) is 2.80. The molecule has 1 atom stereocenters. The third-order valence-electron chi connectivity index (χ3n) is 3.15. The van der Waals surface area contributed by atoms with E-state index < -0.39 is 6.10 Å². The molecule has 2 nitrogen and oxygen atoms in total. The molecular formula is C13H19NOS. The van der Waals surface area contributed by atoms with E-state index in [1.54, 1.807) is 6.92 Å². The van der Waals surface area contributed by atoms with E-state index in [4.69, 9.17) is 0 Å². The highest BCUT2D eigenvalue weighted by atomic mass is 32.2. The highest BCUT2D eigenvalue weighted by Crippen LogP contribution is 2.30. The minimum atomic E-state index is -0.464. The van der Waals surface area contributed by atoms with Crippen LogP contribution in [0.5, 0.6) is 0 Å². The first-order valence-corrected chi connectivity index (χ1v) is 7.01. The van der Waals surface area contributed by atoms with E-state index in [0.717, 1.165) is 11.6 Å². The predicted octanol–water partition coefficient (Wildman–Crippen LogP) is 3.42. The number of aliphatic hydroxyl groups excluding tert-OH is 1. The maximum atomic E-state index is 9.35. The van der Waals surface area contributed by atoms with Crippen molar-refractivity contribution in [3.05, 3.63) is 24.0 Å². The van der Waals surface area contributed by atoms with Gasteiger partial charge in [0.15, 0.2) is 0 Å². The van der Waals surface area contributed by atoms with Crippen molar-refractivity contribution < 1.29 is 5.11 Å². The minimum absolute atomic E-state index is 0.464. The molecule has 0 bridgehead atoms. The van der Waals surface area contributed by atoms with Crippen LogP contribution in [-0.4, -0.2) is 15.8 Å². The fraction of sp³-hybridized carbons (Fsp3) is 0.615. The van der Waals surface area contributed by atoms with E-state index in [-0.39, 0.29) is 0 Å². The lowest BCUT2D eigenvalue weighted by atomic mass is 10.1. The Bertz CT molecular complexity index is 317. The Labute approximate surface area is 101 Å². The third-order valence-corrected chi connectivity index (χ3v) is 4.36. The molecule has 1 fully saturated rings. The van der Waals surface area contributed by atoms with Crippen molar-refractivity contribution in [2.45, 2.75) is 43.6 Å². The van der Waals surface area contributed by atoms with E-state index >= 15 is 0 Å².